The van der Waals surface area contributed by atoms with Crippen LogP contribution in [0.1, 0.15) is 12.5 Å². The van der Waals surface area contributed by atoms with Crippen molar-refractivity contribution in [2.75, 3.05) is 32.8 Å². The van der Waals surface area contributed by atoms with E-state index in [0.29, 0.717) is 0 Å². The molecule has 1 amide bonds. The van der Waals surface area contributed by atoms with E-state index in [1.807, 2.05) is 11.0 Å². The van der Waals surface area contributed by atoms with Crippen molar-refractivity contribution in [3.05, 3.63) is 127 Å². The summed E-state index contributed by atoms with van der Waals surface area (Å²) in [7, 11) is -0.230. The molecular weight excluding hydrogens is 459 g/mol. The van der Waals surface area contributed by atoms with Crippen LogP contribution in [0.2, 0.25) is 0 Å². The Bertz CT molecular complexity index is 1100. The van der Waals surface area contributed by atoms with E-state index >= 15 is 0 Å². The standard InChI is InChI=1S/C32H37N2OP/c1-28(35)34(24-23-33(2)27-29-15-7-3-8-16-29)25-26-36(30-17-9-4-10-18-30,31-19-11-5-12-20-31)32-21-13-6-14-22-32/h3-22,36H,23-27H2,1-2H3. The predicted octanol–water partition coefficient (Wildman–Crippen LogP) is 4.69. The minimum absolute atomic E-state index is 0.139. The molecule has 0 aliphatic rings. The van der Waals surface area contributed by atoms with Crippen molar-refractivity contribution in [3.63, 3.8) is 0 Å². The van der Waals surface area contributed by atoms with Gasteiger partial charge in [0.1, 0.15) is 0 Å². The van der Waals surface area contributed by atoms with Crippen LogP contribution in [0.3, 0.4) is 0 Å². The van der Waals surface area contributed by atoms with Crippen LogP contribution in [0.4, 0.5) is 0 Å². The summed E-state index contributed by atoms with van der Waals surface area (Å²) >= 11 is 0. The first-order valence-corrected chi connectivity index (χ1v) is 14.9. The molecule has 0 spiro atoms. The van der Waals surface area contributed by atoms with Crippen molar-refractivity contribution in [1.29, 1.82) is 0 Å². The number of benzene rings is 4. The van der Waals surface area contributed by atoms with E-state index in [-0.39, 0.29) is 5.91 Å². The van der Waals surface area contributed by atoms with Gasteiger partial charge in [-0.1, -0.05) is 0 Å². The molecule has 0 bridgehead atoms. The molecule has 0 radical (unpaired) electrons. The topological polar surface area (TPSA) is 23.6 Å². The summed E-state index contributed by atoms with van der Waals surface area (Å²) in [5, 5.41) is 4.14. The Hall–Kier alpha value is -3.26. The Balaban J connectivity index is 1.60. The second-order valence-corrected chi connectivity index (χ2v) is 13.5. The van der Waals surface area contributed by atoms with Gasteiger partial charge in [-0.3, -0.25) is 0 Å². The van der Waals surface area contributed by atoms with Gasteiger partial charge >= 0.3 is 217 Å². The van der Waals surface area contributed by atoms with Gasteiger partial charge in [-0.25, -0.2) is 0 Å². The van der Waals surface area contributed by atoms with Crippen LogP contribution in [0.25, 0.3) is 0 Å². The van der Waals surface area contributed by atoms with E-state index in [0.717, 1.165) is 32.3 Å². The third-order valence-electron chi connectivity index (χ3n) is 7.05. The van der Waals surface area contributed by atoms with Gasteiger partial charge in [0, 0.05) is 0 Å². The van der Waals surface area contributed by atoms with Crippen molar-refractivity contribution < 1.29 is 4.79 Å². The van der Waals surface area contributed by atoms with Gasteiger partial charge < -0.3 is 0 Å². The zero-order chi connectivity index (χ0) is 25.2. The van der Waals surface area contributed by atoms with Crippen LogP contribution < -0.4 is 15.9 Å². The zero-order valence-corrected chi connectivity index (χ0v) is 22.4. The number of nitrogens with zero attached hydrogens (tertiary/aromatic N) is 2. The predicted molar refractivity (Wildman–Crippen MR) is 156 cm³/mol. The first-order valence-electron chi connectivity index (χ1n) is 12.7. The number of carbonyl (C=O) groups is 1. The molecule has 0 N–H and O–H groups in total. The molecule has 4 rings (SSSR count). The summed E-state index contributed by atoms with van der Waals surface area (Å²) in [6.45, 7) is 4.88. The molecule has 0 unspecified atom stereocenters. The van der Waals surface area contributed by atoms with Crippen LogP contribution in [0.15, 0.2) is 121 Å². The van der Waals surface area contributed by atoms with Crippen molar-refractivity contribution in [3.8, 4) is 0 Å². The average Bonchev–Trinajstić information content (AvgIpc) is 2.93. The van der Waals surface area contributed by atoms with Crippen molar-refractivity contribution in [2.24, 2.45) is 0 Å². The fraction of sp³-hybridized carbons (Fsp3) is 0.219. The van der Waals surface area contributed by atoms with E-state index < -0.39 is 7.26 Å². The van der Waals surface area contributed by atoms with E-state index in [2.05, 4.69) is 127 Å². The maximum atomic E-state index is 12.8. The first kappa shape index (κ1) is 25.8. The second-order valence-electron chi connectivity index (χ2n) is 9.48. The van der Waals surface area contributed by atoms with Gasteiger partial charge in [0.25, 0.3) is 0 Å². The molecule has 0 atom stereocenters. The van der Waals surface area contributed by atoms with Gasteiger partial charge in [-0.2, -0.15) is 0 Å². The third-order valence-corrected chi connectivity index (χ3v) is 12.0. The maximum absolute atomic E-state index is 12.8. The Morgan fingerprint density at radius 1 is 0.611 bits per heavy atom. The van der Waals surface area contributed by atoms with Crippen molar-refractivity contribution in [2.45, 2.75) is 13.5 Å². The molecule has 0 aliphatic heterocycles. The summed E-state index contributed by atoms with van der Waals surface area (Å²) in [4.78, 5) is 17.1. The molecule has 4 aromatic carbocycles. The van der Waals surface area contributed by atoms with Gasteiger partial charge in [-0.05, 0) is 0 Å². The molecule has 0 saturated heterocycles. The summed E-state index contributed by atoms with van der Waals surface area (Å²) < 4.78 is 0. The third kappa shape index (κ3) is 6.29. The normalized spacial score (nSPS) is 11.9. The Morgan fingerprint density at radius 3 is 1.44 bits per heavy atom. The SMILES string of the molecule is CC(=O)N(CCN(C)Cc1ccccc1)CC[PH](c1ccccc1)(c1ccccc1)c1ccccc1. The first-order chi connectivity index (χ1) is 17.6. The van der Waals surface area contributed by atoms with Crippen LogP contribution in [-0.2, 0) is 11.3 Å². The number of carbonyl (C=O) groups excluding carboxylic acids is 1. The van der Waals surface area contributed by atoms with Crippen LogP contribution in [0, 0.1) is 0 Å². The van der Waals surface area contributed by atoms with E-state index in [4.69, 9.17) is 0 Å². The second kappa shape index (κ2) is 12.6. The zero-order valence-electron chi connectivity index (χ0n) is 21.4. The summed E-state index contributed by atoms with van der Waals surface area (Å²) in [6.07, 6.45) is 0.938. The number of amides is 1. The van der Waals surface area contributed by atoms with E-state index in [1.54, 1.807) is 6.92 Å². The Morgan fingerprint density at radius 2 is 1.03 bits per heavy atom. The number of rotatable bonds is 11. The average molecular weight is 497 g/mol. The Kier molecular flexibility index (Phi) is 9.06. The molecule has 186 valence electrons. The molecule has 0 saturated carbocycles. The molecule has 0 heterocycles. The molecule has 36 heavy (non-hydrogen) atoms. The van der Waals surface area contributed by atoms with Gasteiger partial charge in [0.2, 0.25) is 0 Å². The summed E-state index contributed by atoms with van der Waals surface area (Å²) in [5.74, 6) is 0.139. The van der Waals surface area contributed by atoms with Gasteiger partial charge in [-0.15, -0.1) is 0 Å². The van der Waals surface area contributed by atoms with Gasteiger partial charge in [0.15, 0.2) is 0 Å². The molecule has 4 heteroatoms. The number of hydrogen-bond acceptors (Lipinski definition) is 2. The van der Waals surface area contributed by atoms with E-state index in [9.17, 15) is 4.79 Å². The monoisotopic (exact) mass is 496 g/mol. The van der Waals surface area contributed by atoms with E-state index in [1.165, 1.54) is 21.5 Å². The Labute approximate surface area is 216 Å². The number of likely N-dealkylation sites (N-methyl/N-ethyl adjacent to an activating group) is 1. The fourth-order valence-corrected chi connectivity index (χ4v) is 9.85. The molecule has 0 aliphatic carbocycles. The van der Waals surface area contributed by atoms with Gasteiger partial charge in [0.05, 0.1) is 0 Å². The molecule has 3 nitrogen and oxygen atoms in total. The molecule has 0 fully saturated rings. The summed E-state index contributed by atoms with van der Waals surface area (Å²) in [5.41, 5.74) is 1.29. The quantitative estimate of drug-likeness (QED) is 0.281. The van der Waals surface area contributed by atoms with Crippen molar-refractivity contribution in [1.82, 2.24) is 9.80 Å². The fourth-order valence-electron chi connectivity index (χ4n) is 5.10. The molecule has 4 aromatic rings. The van der Waals surface area contributed by atoms with Crippen LogP contribution in [-0.4, -0.2) is 48.6 Å². The molecular formula is C32H37N2OP. The number of hydrogen-bond donors (Lipinski definition) is 0. The van der Waals surface area contributed by atoms with Crippen LogP contribution >= 0.6 is 7.26 Å². The van der Waals surface area contributed by atoms with Crippen molar-refractivity contribution >= 4 is 29.1 Å². The molecule has 0 aromatic heterocycles. The summed E-state index contributed by atoms with van der Waals surface area (Å²) in [6, 6.07) is 43.3. The minimum atomic E-state index is -2.36. The van der Waals surface area contributed by atoms with Crippen LogP contribution in [0.5, 0.6) is 0 Å².